The summed E-state index contributed by atoms with van der Waals surface area (Å²) in [6.07, 6.45) is 7.88. The van der Waals surface area contributed by atoms with Gasteiger partial charge in [0, 0.05) is 11.8 Å². The molecule has 0 radical (unpaired) electrons. The van der Waals surface area contributed by atoms with Crippen LogP contribution in [0.15, 0.2) is 18.1 Å². The molecule has 2 heteroatoms. The summed E-state index contributed by atoms with van der Waals surface area (Å²) in [7, 11) is 0. The molecule has 0 saturated carbocycles. The fourth-order valence-electron chi connectivity index (χ4n) is 1.35. The van der Waals surface area contributed by atoms with Gasteiger partial charge in [0.05, 0.1) is 5.69 Å². The van der Waals surface area contributed by atoms with Gasteiger partial charge in [0.15, 0.2) is 0 Å². The Hall–Kier alpha value is -1.18. The Morgan fingerprint density at radius 2 is 2.27 bits per heavy atom. The number of hydrogen-bond donors (Lipinski definition) is 0. The van der Waals surface area contributed by atoms with E-state index in [0.29, 0.717) is 0 Å². The largest absolute Gasteiger partial charge is 0.244 e. The van der Waals surface area contributed by atoms with Crippen LogP contribution in [0, 0.1) is 0 Å². The van der Waals surface area contributed by atoms with Crippen LogP contribution < -0.4 is 0 Å². The van der Waals surface area contributed by atoms with Crippen LogP contribution in [0.5, 0.6) is 0 Å². The monoisotopic (exact) mass is 146 g/mol. The minimum Gasteiger partial charge on any atom is -0.244 e. The number of nitrogens with zero attached hydrogens (tertiary/aromatic N) is 2. The highest BCUT2D eigenvalue weighted by molar-refractivity contribution is 5.55. The van der Waals surface area contributed by atoms with E-state index in [-0.39, 0.29) is 0 Å². The van der Waals surface area contributed by atoms with E-state index in [2.05, 4.69) is 23.0 Å². The Bertz CT molecular complexity index is 302. The fraction of sp³-hybridized carbons (Fsp3) is 0.333. The fourth-order valence-corrected chi connectivity index (χ4v) is 1.35. The lowest BCUT2D eigenvalue weighted by Gasteiger charge is -2.10. The molecular weight excluding hydrogens is 136 g/mol. The first kappa shape index (κ1) is 6.53. The minimum atomic E-state index is 1.07. The predicted octanol–water partition coefficient (Wildman–Crippen LogP) is 1.83. The molecule has 0 bridgehead atoms. The normalized spacial score (nSPS) is 15.5. The second kappa shape index (κ2) is 2.46. The second-order valence-electron chi connectivity index (χ2n) is 2.92. The second-order valence-corrected chi connectivity index (χ2v) is 2.92. The summed E-state index contributed by atoms with van der Waals surface area (Å²) in [5, 5.41) is 0. The van der Waals surface area contributed by atoms with Gasteiger partial charge in [0.25, 0.3) is 0 Å². The van der Waals surface area contributed by atoms with Gasteiger partial charge in [-0.1, -0.05) is 11.6 Å². The molecule has 0 saturated heterocycles. The van der Waals surface area contributed by atoms with E-state index in [1.807, 2.05) is 6.20 Å². The third kappa shape index (κ3) is 1.16. The first-order valence-corrected chi connectivity index (χ1v) is 3.82. The zero-order valence-corrected chi connectivity index (χ0v) is 6.54. The van der Waals surface area contributed by atoms with E-state index in [9.17, 15) is 0 Å². The summed E-state index contributed by atoms with van der Waals surface area (Å²) < 4.78 is 0. The number of allylic oxidation sites excluding steroid dienone is 1. The summed E-state index contributed by atoms with van der Waals surface area (Å²) >= 11 is 0. The molecule has 1 aromatic heterocycles. The molecule has 11 heavy (non-hydrogen) atoms. The van der Waals surface area contributed by atoms with E-state index in [1.165, 1.54) is 16.8 Å². The number of aromatic nitrogens is 2. The summed E-state index contributed by atoms with van der Waals surface area (Å²) in [5.41, 5.74) is 3.80. The van der Waals surface area contributed by atoms with Crippen molar-refractivity contribution in [3.05, 3.63) is 29.4 Å². The maximum Gasteiger partial charge on any atom is 0.115 e. The number of rotatable bonds is 0. The number of hydrogen-bond acceptors (Lipinski definition) is 2. The van der Waals surface area contributed by atoms with Gasteiger partial charge in [-0.2, -0.15) is 0 Å². The lowest BCUT2D eigenvalue weighted by atomic mass is 9.99. The molecule has 0 amide bonds. The smallest absolute Gasteiger partial charge is 0.115 e. The van der Waals surface area contributed by atoms with Crippen molar-refractivity contribution in [1.82, 2.24) is 9.97 Å². The standard InChI is InChI=1S/C9H10N2/c1-7-2-3-9-8(4-7)5-10-6-11-9/h4-6H,2-3H2,1H3. The Morgan fingerprint density at radius 3 is 3.18 bits per heavy atom. The van der Waals surface area contributed by atoms with Crippen LogP contribution in [0.4, 0.5) is 0 Å². The number of fused-ring (bicyclic) bond motifs is 1. The topological polar surface area (TPSA) is 25.8 Å². The first-order chi connectivity index (χ1) is 5.36. The van der Waals surface area contributed by atoms with Crippen LogP contribution in [-0.4, -0.2) is 9.97 Å². The van der Waals surface area contributed by atoms with Crippen LogP contribution in [0.1, 0.15) is 24.6 Å². The van der Waals surface area contributed by atoms with Gasteiger partial charge in [-0.3, -0.25) is 0 Å². The first-order valence-electron chi connectivity index (χ1n) is 3.82. The highest BCUT2D eigenvalue weighted by atomic mass is 14.8. The third-order valence-electron chi connectivity index (χ3n) is 1.99. The molecule has 1 aliphatic carbocycles. The molecule has 2 nitrogen and oxygen atoms in total. The molecule has 0 atom stereocenters. The van der Waals surface area contributed by atoms with Crippen LogP contribution >= 0.6 is 0 Å². The SMILES string of the molecule is CC1=Cc2cncnc2CC1. The van der Waals surface area contributed by atoms with Gasteiger partial charge in [-0.05, 0) is 19.8 Å². The Morgan fingerprint density at radius 1 is 1.36 bits per heavy atom. The van der Waals surface area contributed by atoms with Crippen molar-refractivity contribution in [3.8, 4) is 0 Å². The predicted molar refractivity (Wildman–Crippen MR) is 44.0 cm³/mol. The summed E-state index contributed by atoms with van der Waals surface area (Å²) in [6.45, 7) is 2.15. The highest BCUT2D eigenvalue weighted by Crippen LogP contribution is 2.20. The molecule has 1 aliphatic rings. The van der Waals surface area contributed by atoms with E-state index >= 15 is 0 Å². The molecule has 0 aromatic carbocycles. The highest BCUT2D eigenvalue weighted by Gasteiger charge is 2.07. The summed E-state index contributed by atoms with van der Waals surface area (Å²) in [5.74, 6) is 0. The third-order valence-corrected chi connectivity index (χ3v) is 1.99. The van der Waals surface area contributed by atoms with Crippen LogP contribution in [0.2, 0.25) is 0 Å². The van der Waals surface area contributed by atoms with Crippen molar-refractivity contribution < 1.29 is 0 Å². The van der Waals surface area contributed by atoms with E-state index in [1.54, 1.807) is 6.33 Å². The lowest BCUT2D eigenvalue weighted by molar-refractivity contribution is 0.870. The average molecular weight is 146 g/mol. The average Bonchev–Trinajstić information content (AvgIpc) is 2.04. The van der Waals surface area contributed by atoms with Crippen molar-refractivity contribution in [2.75, 3.05) is 0 Å². The van der Waals surface area contributed by atoms with Gasteiger partial charge in [0.1, 0.15) is 6.33 Å². The zero-order valence-electron chi connectivity index (χ0n) is 6.54. The summed E-state index contributed by atoms with van der Waals surface area (Å²) in [6, 6.07) is 0. The zero-order chi connectivity index (χ0) is 7.68. The molecule has 1 aromatic rings. The summed E-state index contributed by atoms with van der Waals surface area (Å²) in [4.78, 5) is 8.17. The van der Waals surface area contributed by atoms with Crippen molar-refractivity contribution in [1.29, 1.82) is 0 Å². The van der Waals surface area contributed by atoms with E-state index < -0.39 is 0 Å². The van der Waals surface area contributed by atoms with Crippen molar-refractivity contribution in [2.45, 2.75) is 19.8 Å². The number of aryl methyl sites for hydroxylation is 1. The van der Waals surface area contributed by atoms with Crippen molar-refractivity contribution in [2.24, 2.45) is 0 Å². The van der Waals surface area contributed by atoms with Crippen molar-refractivity contribution in [3.63, 3.8) is 0 Å². The van der Waals surface area contributed by atoms with Gasteiger partial charge >= 0.3 is 0 Å². The quantitative estimate of drug-likeness (QED) is 0.558. The van der Waals surface area contributed by atoms with Gasteiger partial charge in [0.2, 0.25) is 0 Å². The maximum absolute atomic E-state index is 4.20. The molecule has 56 valence electrons. The van der Waals surface area contributed by atoms with E-state index in [0.717, 1.165) is 12.8 Å². The molecule has 0 fully saturated rings. The van der Waals surface area contributed by atoms with Gasteiger partial charge in [-0.25, -0.2) is 9.97 Å². The maximum atomic E-state index is 4.20. The van der Waals surface area contributed by atoms with E-state index in [4.69, 9.17) is 0 Å². The molecule has 0 aliphatic heterocycles. The van der Waals surface area contributed by atoms with Gasteiger partial charge in [-0.15, -0.1) is 0 Å². The molecule has 0 N–H and O–H groups in total. The van der Waals surface area contributed by atoms with Gasteiger partial charge < -0.3 is 0 Å². The minimum absolute atomic E-state index is 1.07. The Kier molecular flexibility index (Phi) is 1.46. The molecule has 1 heterocycles. The Labute approximate surface area is 66.0 Å². The molecule has 0 spiro atoms. The molecular formula is C9H10N2. The van der Waals surface area contributed by atoms with Crippen LogP contribution in [-0.2, 0) is 6.42 Å². The Balaban J connectivity index is 2.51. The molecule has 0 unspecified atom stereocenters. The van der Waals surface area contributed by atoms with Crippen LogP contribution in [0.3, 0.4) is 0 Å². The van der Waals surface area contributed by atoms with Crippen LogP contribution in [0.25, 0.3) is 6.08 Å². The molecule has 2 rings (SSSR count). The lowest BCUT2D eigenvalue weighted by Crippen LogP contribution is -2.00. The van der Waals surface area contributed by atoms with Crippen molar-refractivity contribution >= 4 is 6.08 Å².